The first-order valence-electron chi connectivity index (χ1n) is 7.41. The second-order valence-electron chi connectivity index (χ2n) is 5.20. The number of nitrogens with two attached hydrogens (primary N) is 1. The summed E-state index contributed by atoms with van der Waals surface area (Å²) in [6.07, 6.45) is 1.60. The lowest BCUT2D eigenvalue weighted by atomic mass is 9.96. The molecule has 0 aliphatic carbocycles. The zero-order valence-electron chi connectivity index (χ0n) is 12.4. The second kappa shape index (κ2) is 7.22. The number of carbonyl (C=O) groups excluding carboxylic acids is 2. The highest BCUT2D eigenvalue weighted by Crippen LogP contribution is 2.21. The molecule has 2 rings (SSSR count). The molecular formula is C16H22N2O3. The third-order valence-electron chi connectivity index (χ3n) is 3.80. The van der Waals surface area contributed by atoms with Gasteiger partial charge in [-0.2, -0.15) is 0 Å². The molecule has 1 aromatic rings. The van der Waals surface area contributed by atoms with Crippen molar-refractivity contribution < 1.29 is 14.3 Å². The SMILES string of the molecule is CCOC(=O)C1CCCN(C(=O)c2ccccc2CN)C1. The minimum Gasteiger partial charge on any atom is -0.466 e. The van der Waals surface area contributed by atoms with Gasteiger partial charge in [-0.05, 0) is 31.4 Å². The summed E-state index contributed by atoms with van der Waals surface area (Å²) in [4.78, 5) is 26.2. The maximum Gasteiger partial charge on any atom is 0.310 e. The van der Waals surface area contributed by atoms with E-state index in [1.165, 1.54) is 0 Å². The van der Waals surface area contributed by atoms with E-state index in [4.69, 9.17) is 10.5 Å². The first-order valence-corrected chi connectivity index (χ1v) is 7.41. The molecule has 114 valence electrons. The summed E-state index contributed by atoms with van der Waals surface area (Å²) in [5.41, 5.74) is 7.15. The van der Waals surface area contributed by atoms with E-state index in [0.717, 1.165) is 18.4 Å². The van der Waals surface area contributed by atoms with E-state index in [0.29, 0.717) is 31.8 Å². The van der Waals surface area contributed by atoms with Crippen molar-refractivity contribution in [3.05, 3.63) is 35.4 Å². The van der Waals surface area contributed by atoms with Gasteiger partial charge in [-0.15, -0.1) is 0 Å². The summed E-state index contributed by atoms with van der Waals surface area (Å²) in [7, 11) is 0. The molecule has 2 N–H and O–H groups in total. The molecule has 1 heterocycles. The summed E-state index contributed by atoms with van der Waals surface area (Å²) in [6, 6.07) is 7.36. The normalized spacial score (nSPS) is 18.4. The number of likely N-dealkylation sites (tertiary alicyclic amines) is 1. The van der Waals surface area contributed by atoms with E-state index in [1.807, 2.05) is 18.2 Å². The summed E-state index contributed by atoms with van der Waals surface area (Å²) >= 11 is 0. The Morgan fingerprint density at radius 2 is 2.14 bits per heavy atom. The van der Waals surface area contributed by atoms with Gasteiger partial charge in [-0.1, -0.05) is 18.2 Å². The fourth-order valence-corrected chi connectivity index (χ4v) is 2.69. The first-order chi connectivity index (χ1) is 10.2. The molecule has 21 heavy (non-hydrogen) atoms. The van der Waals surface area contributed by atoms with Crippen LogP contribution < -0.4 is 5.73 Å². The van der Waals surface area contributed by atoms with Crippen molar-refractivity contribution in [3.63, 3.8) is 0 Å². The lowest BCUT2D eigenvalue weighted by Gasteiger charge is -2.32. The molecule has 0 aromatic heterocycles. The predicted octanol–water partition coefficient (Wildman–Crippen LogP) is 1.56. The predicted molar refractivity (Wildman–Crippen MR) is 79.6 cm³/mol. The van der Waals surface area contributed by atoms with Crippen molar-refractivity contribution in [2.75, 3.05) is 19.7 Å². The van der Waals surface area contributed by atoms with Gasteiger partial charge in [-0.25, -0.2) is 0 Å². The van der Waals surface area contributed by atoms with Gasteiger partial charge in [0.1, 0.15) is 0 Å². The van der Waals surface area contributed by atoms with Crippen molar-refractivity contribution in [1.82, 2.24) is 4.90 Å². The van der Waals surface area contributed by atoms with Crippen LogP contribution in [0.4, 0.5) is 0 Å². The highest BCUT2D eigenvalue weighted by Gasteiger charge is 2.30. The Bertz CT molecular complexity index is 516. The molecule has 1 unspecified atom stereocenters. The zero-order valence-corrected chi connectivity index (χ0v) is 12.4. The number of piperidine rings is 1. The molecule has 5 heteroatoms. The summed E-state index contributed by atoms with van der Waals surface area (Å²) in [5, 5.41) is 0. The first kappa shape index (κ1) is 15.5. The molecule has 0 spiro atoms. The van der Waals surface area contributed by atoms with Crippen molar-refractivity contribution in [2.45, 2.75) is 26.3 Å². The molecule has 0 saturated carbocycles. The molecule has 1 saturated heterocycles. The lowest BCUT2D eigenvalue weighted by Crippen LogP contribution is -2.43. The largest absolute Gasteiger partial charge is 0.466 e. The number of ether oxygens (including phenoxy) is 1. The van der Waals surface area contributed by atoms with Gasteiger partial charge in [0.15, 0.2) is 0 Å². The Morgan fingerprint density at radius 1 is 1.38 bits per heavy atom. The molecule has 0 radical (unpaired) electrons. The van der Waals surface area contributed by atoms with Crippen LogP contribution in [0, 0.1) is 5.92 Å². The number of nitrogens with zero attached hydrogens (tertiary/aromatic N) is 1. The van der Waals surface area contributed by atoms with Gasteiger partial charge in [0, 0.05) is 25.2 Å². The molecule has 5 nitrogen and oxygen atoms in total. The quantitative estimate of drug-likeness (QED) is 0.854. The van der Waals surface area contributed by atoms with E-state index in [9.17, 15) is 9.59 Å². The molecule has 0 bridgehead atoms. The molecular weight excluding hydrogens is 268 g/mol. The Balaban J connectivity index is 2.10. The number of esters is 1. The van der Waals surface area contributed by atoms with Crippen LogP contribution in [-0.4, -0.2) is 36.5 Å². The van der Waals surface area contributed by atoms with E-state index in [2.05, 4.69) is 0 Å². The van der Waals surface area contributed by atoms with Crippen LogP contribution >= 0.6 is 0 Å². The van der Waals surface area contributed by atoms with Crippen LogP contribution in [0.25, 0.3) is 0 Å². The van der Waals surface area contributed by atoms with Crippen LogP contribution in [0.2, 0.25) is 0 Å². The van der Waals surface area contributed by atoms with Crippen LogP contribution in [0.15, 0.2) is 24.3 Å². The number of rotatable bonds is 4. The maximum atomic E-state index is 12.6. The molecule has 1 aliphatic heterocycles. The molecule has 1 aromatic carbocycles. The molecule has 1 fully saturated rings. The van der Waals surface area contributed by atoms with Gasteiger partial charge in [-0.3, -0.25) is 9.59 Å². The monoisotopic (exact) mass is 290 g/mol. The van der Waals surface area contributed by atoms with Crippen LogP contribution in [-0.2, 0) is 16.1 Å². The van der Waals surface area contributed by atoms with Crippen LogP contribution in [0.1, 0.15) is 35.7 Å². The van der Waals surface area contributed by atoms with Crippen LogP contribution in [0.3, 0.4) is 0 Å². The van der Waals surface area contributed by atoms with E-state index in [1.54, 1.807) is 17.9 Å². The lowest BCUT2D eigenvalue weighted by molar-refractivity contribution is -0.149. The summed E-state index contributed by atoms with van der Waals surface area (Å²) in [6.45, 7) is 3.60. The van der Waals surface area contributed by atoms with Crippen LogP contribution in [0.5, 0.6) is 0 Å². The van der Waals surface area contributed by atoms with Crippen molar-refractivity contribution in [2.24, 2.45) is 11.7 Å². The maximum absolute atomic E-state index is 12.6. The van der Waals surface area contributed by atoms with Gasteiger partial charge >= 0.3 is 5.97 Å². The third-order valence-corrected chi connectivity index (χ3v) is 3.80. The van der Waals surface area contributed by atoms with Gasteiger partial charge in [0.25, 0.3) is 5.91 Å². The minimum atomic E-state index is -0.215. The minimum absolute atomic E-state index is 0.0509. The smallest absolute Gasteiger partial charge is 0.310 e. The Kier molecular flexibility index (Phi) is 5.33. The number of hydrogen-bond donors (Lipinski definition) is 1. The highest BCUT2D eigenvalue weighted by atomic mass is 16.5. The standard InChI is InChI=1S/C16H22N2O3/c1-2-21-16(20)13-7-5-9-18(11-13)15(19)14-8-4-3-6-12(14)10-17/h3-4,6,8,13H,2,5,7,9-11,17H2,1H3. The van der Waals surface area contributed by atoms with Gasteiger partial charge in [0.2, 0.25) is 0 Å². The molecule has 1 atom stereocenters. The van der Waals surface area contributed by atoms with E-state index in [-0.39, 0.29) is 17.8 Å². The van der Waals surface area contributed by atoms with E-state index >= 15 is 0 Å². The topological polar surface area (TPSA) is 72.6 Å². The summed E-state index contributed by atoms with van der Waals surface area (Å²) < 4.78 is 5.06. The van der Waals surface area contributed by atoms with Crippen molar-refractivity contribution >= 4 is 11.9 Å². The average molecular weight is 290 g/mol. The number of carbonyl (C=O) groups is 2. The van der Waals surface area contributed by atoms with Gasteiger partial charge in [0.05, 0.1) is 12.5 Å². The van der Waals surface area contributed by atoms with Crippen molar-refractivity contribution in [1.29, 1.82) is 0 Å². The average Bonchev–Trinajstić information content (AvgIpc) is 2.54. The second-order valence-corrected chi connectivity index (χ2v) is 5.20. The zero-order chi connectivity index (χ0) is 15.2. The highest BCUT2D eigenvalue weighted by molar-refractivity contribution is 5.96. The molecule has 1 amide bonds. The molecule has 1 aliphatic rings. The fraction of sp³-hybridized carbons (Fsp3) is 0.500. The summed E-state index contributed by atoms with van der Waals surface area (Å²) in [5.74, 6) is -0.472. The third kappa shape index (κ3) is 3.61. The Labute approximate surface area is 125 Å². The Morgan fingerprint density at radius 3 is 2.86 bits per heavy atom. The number of amides is 1. The van der Waals surface area contributed by atoms with E-state index < -0.39 is 0 Å². The number of benzene rings is 1. The fourth-order valence-electron chi connectivity index (χ4n) is 2.69. The number of hydrogen-bond acceptors (Lipinski definition) is 4. The van der Waals surface area contributed by atoms with Gasteiger partial charge < -0.3 is 15.4 Å². The Hall–Kier alpha value is -1.88. The van der Waals surface area contributed by atoms with Crippen molar-refractivity contribution in [3.8, 4) is 0 Å².